The van der Waals surface area contributed by atoms with E-state index >= 15 is 0 Å². The monoisotopic (exact) mass is 333 g/mol. The van der Waals surface area contributed by atoms with Crippen molar-refractivity contribution in [2.45, 2.75) is 19.4 Å². The van der Waals surface area contributed by atoms with Crippen molar-refractivity contribution in [2.75, 3.05) is 11.9 Å². The van der Waals surface area contributed by atoms with E-state index < -0.39 is 0 Å². The maximum absolute atomic E-state index is 5.80. The van der Waals surface area contributed by atoms with Crippen LogP contribution < -0.4 is 14.8 Å². The van der Waals surface area contributed by atoms with Gasteiger partial charge in [0.15, 0.2) is 0 Å². The number of hydrogen-bond donors (Lipinski definition) is 1. The Kier molecular flexibility index (Phi) is 5.94. The van der Waals surface area contributed by atoms with Gasteiger partial charge in [0.25, 0.3) is 0 Å². The zero-order valence-corrected chi connectivity index (χ0v) is 14.4. The van der Waals surface area contributed by atoms with Gasteiger partial charge >= 0.3 is 0 Å². The van der Waals surface area contributed by atoms with Crippen molar-refractivity contribution in [3.8, 4) is 17.2 Å². The third-order valence-corrected chi connectivity index (χ3v) is 3.81. The summed E-state index contributed by atoms with van der Waals surface area (Å²) in [5.74, 6) is 2.59. The van der Waals surface area contributed by atoms with Crippen molar-refractivity contribution in [3.63, 3.8) is 0 Å². The quantitative estimate of drug-likeness (QED) is 0.569. The molecular formula is C22H23NO2. The minimum Gasteiger partial charge on any atom is -0.494 e. The van der Waals surface area contributed by atoms with Crippen molar-refractivity contribution in [1.29, 1.82) is 0 Å². The highest BCUT2D eigenvalue weighted by atomic mass is 16.5. The fourth-order valence-corrected chi connectivity index (χ4v) is 2.47. The highest BCUT2D eigenvalue weighted by Gasteiger charge is 2.04. The number of nitrogens with one attached hydrogen (secondary N) is 1. The molecule has 0 saturated heterocycles. The SMILES string of the molecule is CC(CCOc1ccccc1)Nc1ccc(Oc2ccccc2)cc1. The van der Waals surface area contributed by atoms with E-state index in [2.05, 4.69) is 12.2 Å². The van der Waals surface area contributed by atoms with Crippen molar-refractivity contribution in [2.24, 2.45) is 0 Å². The molecule has 0 radical (unpaired) electrons. The van der Waals surface area contributed by atoms with Gasteiger partial charge in [0.2, 0.25) is 0 Å². The molecule has 0 bridgehead atoms. The predicted molar refractivity (Wildman–Crippen MR) is 103 cm³/mol. The zero-order valence-electron chi connectivity index (χ0n) is 14.4. The summed E-state index contributed by atoms with van der Waals surface area (Å²) in [5, 5.41) is 3.48. The summed E-state index contributed by atoms with van der Waals surface area (Å²) in [6.07, 6.45) is 0.928. The van der Waals surface area contributed by atoms with Crippen LogP contribution in [0.15, 0.2) is 84.9 Å². The molecule has 0 aliphatic rings. The molecule has 1 N–H and O–H groups in total. The van der Waals surface area contributed by atoms with Crippen LogP contribution in [0.1, 0.15) is 13.3 Å². The molecule has 0 aliphatic heterocycles. The average Bonchev–Trinajstić information content (AvgIpc) is 2.65. The number of anilines is 1. The molecule has 3 aromatic carbocycles. The van der Waals surface area contributed by atoms with E-state index in [1.54, 1.807) is 0 Å². The van der Waals surface area contributed by atoms with Crippen LogP contribution in [0.25, 0.3) is 0 Å². The van der Waals surface area contributed by atoms with Gasteiger partial charge in [0, 0.05) is 18.2 Å². The molecule has 128 valence electrons. The third kappa shape index (κ3) is 5.57. The van der Waals surface area contributed by atoms with E-state index in [-0.39, 0.29) is 0 Å². The Bertz CT molecular complexity index is 742. The van der Waals surface area contributed by atoms with Gasteiger partial charge < -0.3 is 14.8 Å². The fourth-order valence-electron chi connectivity index (χ4n) is 2.47. The number of para-hydroxylation sites is 2. The Hall–Kier alpha value is -2.94. The molecule has 3 nitrogen and oxygen atoms in total. The minimum atomic E-state index is 0.324. The van der Waals surface area contributed by atoms with Crippen LogP contribution in [-0.2, 0) is 0 Å². The molecule has 25 heavy (non-hydrogen) atoms. The number of hydrogen-bond acceptors (Lipinski definition) is 3. The molecule has 0 aromatic heterocycles. The van der Waals surface area contributed by atoms with Gasteiger partial charge in [-0.25, -0.2) is 0 Å². The van der Waals surface area contributed by atoms with Crippen LogP contribution in [0.3, 0.4) is 0 Å². The van der Waals surface area contributed by atoms with Gasteiger partial charge in [0.1, 0.15) is 17.2 Å². The standard InChI is InChI=1S/C22H23NO2/c1-18(16-17-24-20-8-4-2-5-9-20)23-19-12-14-22(15-13-19)25-21-10-6-3-7-11-21/h2-15,18,23H,16-17H2,1H3. The van der Waals surface area contributed by atoms with Crippen molar-refractivity contribution in [1.82, 2.24) is 0 Å². The third-order valence-electron chi connectivity index (χ3n) is 3.81. The Morgan fingerprint density at radius 3 is 1.92 bits per heavy atom. The molecule has 0 aliphatic carbocycles. The van der Waals surface area contributed by atoms with Crippen LogP contribution in [0.2, 0.25) is 0 Å². The number of rotatable bonds is 8. The minimum absolute atomic E-state index is 0.324. The van der Waals surface area contributed by atoms with Crippen LogP contribution in [0, 0.1) is 0 Å². The topological polar surface area (TPSA) is 30.5 Å². The van der Waals surface area contributed by atoms with Gasteiger partial charge in [-0.1, -0.05) is 36.4 Å². The van der Waals surface area contributed by atoms with E-state index in [4.69, 9.17) is 9.47 Å². The molecule has 0 saturated carbocycles. The average molecular weight is 333 g/mol. The summed E-state index contributed by atoms with van der Waals surface area (Å²) < 4.78 is 11.5. The maximum Gasteiger partial charge on any atom is 0.127 e. The van der Waals surface area contributed by atoms with E-state index in [9.17, 15) is 0 Å². The first kappa shape index (κ1) is 16.9. The smallest absolute Gasteiger partial charge is 0.127 e. The summed E-state index contributed by atoms with van der Waals surface area (Å²) in [6, 6.07) is 28.0. The second-order valence-electron chi connectivity index (χ2n) is 5.94. The highest BCUT2D eigenvalue weighted by Crippen LogP contribution is 2.23. The summed E-state index contributed by atoms with van der Waals surface area (Å²) >= 11 is 0. The summed E-state index contributed by atoms with van der Waals surface area (Å²) in [7, 11) is 0. The van der Waals surface area contributed by atoms with Crippen LogP contribution in [0.5, 0.6) is 17.2 Å². The summed E-state index contributed by atoms with van der Waals surface area (Å²) in [6.45, 7) is 2.84. The van der Waals surface area contributed by atoms with Crippen molar-refractivity contribution >= 4 is 5.69 Å². The predicted octanol–water partition coefficient (Wildman–Crippen LogP) is 5.75. The highest BCUT2D eigenvalue weighted by molar-refractivity contribution is 5.47. The Morgan fingerprint density at radius 1 is 0.720 bits per heavy atom. The van der Waals surface area contributed by atoms with Gasteiger partial charge in [-0.15, -0.1) is 0 Å². The molecule has 0 spiro atoms. The molecule has 3 aromatic rings. The summed E-state index contributed by atoms with van der Waals surface area (Å²) in [5.41, 5.74) is 1.08. The lowest BCUT2D eigenvalue weighted by Gasteiger charge is -2.16. The van der Waals surface area contributed by atoms with E-state index in [0.717, 1.165) is 29.4 Å². The number of ether oxygens (including phenoxy) is 2. The Morgan fingerprint density at radius 2 is 1.28 bits per heavy atom. The van der Waals surface area contributed by atoms with Gasteiger partial charge in [-0.3, -0.25) is 0 Å². The lowest BCUT2D eigenvalue weighted by molar-refractivity contribution is 0.304. The van der Waals surface area contributed by atoms with E-state index in [1.807, 2.05) is 84.9 Å². The molecule has 3 rings (SSSR count). The lowest BCUT2D eigenvalue weighted by Crippen LogP contribution is -2.18. The molecule has 0 fully saturated rings. The molecule has 0 amide bonds. The zero-order chi connectivity index (χ0) is 17.3. The maximum atomic E-state index is 5.80. The van der Waals surface area contributed by atoms with E-state index in [1.165, 1.54) is 0 Å². The summed E-state index contributed by atoms with van der Waals surface area (Å²) in [4.78, 5) is 0. The first-order chi connectivity index (χ1) is 12.3. The van der Waals surface area contributed by atoms with Crippen LogP contribution >= 0.6 is 0 Å². The van der Waals surface area contributed by atoms with Crippen LogP contribution in [0.4, 0.5) is 5.69 Å². The van der Waals surface area contributed by atoms with Gasteiger partial charge in [-0.05, 0) is 55.5 Å². The van der Waals surface area contributed by atoms with Gasteiger partial charge in [0.05, 0.1) is 6.61 Å². The lowest BCUT2D eigenvalue weighted by atomic mass is 10.2. The Balaban J connectivity index is 1.44. The van der Waals surface area contributed by atoms with Gasteiger partial charge in [-0.2, -0.15) is 0 Å². The Labute approximate surface area is 149 Å². The second-order valence-corrected chi connectivity index (χ2v) is 5.94. The first-order valence-corrected chi connectivity index (χ1v) is 8.57. The van der Waals surface area contributed by atoms with Crippen molar-refractivity contribution < 1.29 is 9.47 Å². The van der Waals surface area contributed by atoms with Crippen LogP contribution in [-0.4, -0.2) is 12.6 Å². The molecule has 1 unspecified atom stereocenters. The second kappa shape index (κ2) is 8.78. The fraction of sp³-hybridized carbons (Fsp3) is 0.182. The van der Waals surface area contributed by atoms with E-state index in [0.29, 0.717) is 12.6 Å². The van der Waals surface area contributed by atoms with Crippen molar-refractivity contribution in [3.05, 3.63) is 84.9 Å². The largest absolute Gasteiger partial charge is 0.494 e. The number of benzene rings is 3. The molecular weight excluding hydrogens is 310 g/mol. The first-order valence-electron chi connectivity index (χ1n) is 8.57. The molecule has 1 atom stereocenters. The molecule has 0 heterocycles. The normalized spacial score (nSPS) is 11.6. The molecule has 3 heteroatoms.